The van der Waals surface area contributed by atoms with E-state index in [0.29, 0.717) is 5.92 Å². The smallest absolute Gasteiger partial charge is 0.195 e. The van der Waals surface area contributed by atoms with Crippen molar-refractivity contribution in [2.75, 3.05) is 18.5 Å². The molecule has 19 heavy (non-hydrogen) atoms. The van der Waals surface area contributed by atoms with Crippen molar-refractivity contribution in [3.05, 3.63) is 17.3 Å². The number of imidazole rings is 1. The number of rotatable bonds is 6. The number of hydrogen-bond acceptors (Lipinski definition) is 4. The molecule has 0 saturated heterocycles. The van der Waals surface area contributed by atoms with Crippen molar-refractivity contribution in [1.82, 2.24) is 9.38 Å². The second kappa shape index (κ2) is 5.92. The van der Waals surface area contributed by atoms with E-state index >= 15 is 0 Å². The topological polar surface area (TPSA) is 46.6 Å². The summed E-state index contributed by atoms with van der Waals surface area (Å²) in [5.41, 5.74) is 7.21. The Hall–Kier alpha value is -1.07. The minimum absolute atomic E-state index is 0.150. The van der Waals surface area contributed by atoms with Crippen LogP contribution in [0.5, 0.6) is 0 Å². The van der Waals surface area contributed by atoms with Crippen LogP contribution in [0, 0.1) is 5.92 Å². The van der Waals surface area contributed by atoms with Crippen molar-refractivity contribution < 1.29 is 0 Å². The van der Waals surface area contributed by atoms with Gasteiger partial charge < -0.3 is 10.6 Å². The molecule has 2 aromatic heterocycles. The van der Waals surface area contributed by atoms with E-state index in [4.69, 9.17) is 10.7 Å². The van der Waals surface area contributed by atoms with Gasteiger partial charge in [-0.2, -0.15) is 0 Å². The minimum atomic E-state index is 0.150. The molecule has 2 aromatic rings. The molecule has 4 nitrogen and oxygen atoms in total. The number of aromatic nitrogens is 2. The van der Waals surface area contributed by atoms with Crippen LogP contribution in [0.15, 0.2) is 11.6 Å². The van der Waals surface area contributed by atoms with E-state index in [1.807, 2.05) is 6.92 Å². The van der Waals surface area contributed by atoms with Crippen LogP contribution in [0.1, 0.15) is 32.9 Å². The molecule has 0 saturated carbocycles. The van der Waals surface area contributed by atoms with Gasteiger partial charge >= 0.3 is 0 Å². The lowest BCUT2D eigenvalue weighted by Gasteiger charge is -2.20. The van der Waals surface area contributed by atoms with E-state index in [9.17, 15) is 0 Å². The van der Waals surface area contributed by atoms with Crippen molar-refractivity contribution in [1.29, 1.82) is 0 Å². The quantitative estimate of drug-likeness (QED) is 0.885. The number of fused-ring (bicyclic) bond motifs is 1. The molecule has 2 N–H and O–H groups in total. The molecule has 2 heterocycles. The predicted molar refractivity (Wildman–Crippen MR) is 83.1 cm³/mol. The number of anilines is 1. The Morgan fingerprint density at radius 3 is 2.79 bits per heavy atom. The maximum absolute atomic E-state index is 5.98. The third-order valence-electron chi connectivity index (χ3n) is 3.26. The molecule has 0 fully saturated rings. The lowest BCUT2D eigenvalue weighted by molar-refractivity contribution is 0.582. The Kier molecular flexibility index (Phi) is 4.47. The molecule has 5 heteroatoms. The molecule has 0 aliphatic heterocycles. The summed E-state index contributed by atoms with van der Waals surface area (Å²) < 4.78 is 2.18. The first-order valence-corrected chi connectivity index (χ1v) is 7.78. The summed E-state index contributed by atoms with van der Waals surface area (Å²) in [6.07, 6.45) is 4.13. The van der Waals surface area contributed by atoms with Gasteiger partial charge in [0.2, 0.25) is 0 Å². The van der Waals surface area contributed by atoms with Crippen LogP contribution in [0.25, 0.3) is 4.96 Å². The molecule has 0 spiro atoms. The molecule has 0 amide bonds. The second-order valence-corrected chi connectivity index (χ2v) is 6.60. The Morgan fingerprint density at radius 1 is 1.42 bits per heavy atom. The van der Waals surface area contributed by atoms with Gasteiger partial charge in [-0.3, -0.25) is 4.40 Å². The normalized spacial score (nSPS) is 13.4. The van der Waals surface area contributed by atoms with E-state index in [1.165, 1.54) is 12.1 Å². The minimum Gasteiger partial charge on any atom is -0.358 e. The standard InChI is InChI=1S/C14H24N4S/c1-10(2)5-6-17(4)13-12(9-11(3)15)18-7-8-19-14(18)16-13/h7-8,10-11H,5-6,9,15H2,1-4H3. The van der Waals surface area contributed by atoms with E-state index in [2.05, 4.69) is 41.8 Å². The second-order valence-electron chi connectivity index (χ2n) is 5.72. The summed E-state index contributed by atoms with van der Waals surface area (Å²) in [7, 11) is 2.12. The summed E-state index contributed by atoms with van der Waals surface area (Å²) in [6.45, 7) is 7.59. The molecule has 0 radical (unpaired) electrons. The summed E-state index contributed by atoms with van der Waals surface area (Å²) in [6, 6.07) is 0.150. The zero-order valence-electron chi connectivity index (χ0n) is 12.3. The summed E-state index contributed by atoms with van der Waals surface area (Å²) in [5.74, 6) is 1.80. The molecule has 1 atom stereocenters. The Bertz CT molecular complexity index is 527. The lowest BCUT2D eigenvalue weighted by Crippen LogP contribution is -2.24. The first-order valence-electron chi connectivity index (χ1n) is 6.90. The average Bonchev–Trinajstić information content (AvgIpc) is 2.88. The van der Waals surface area contributed by atoms with Crippen molar-refractivity contribution in [2.24, 2.45) is 11.7 Å². The fourth-order valence-corrected chi connectivity index (χ4v) is 2.91. The zero-order valence-corrected chi connectivity index (χ0v) is 13.1. The van der Waals surface area contributed by atoms with Gasteiger partial charge in [0.15, 0.2) is 10.8 Å². The highest BCUT2D eigenvalue weighted by atomic mass is 32.1. The number of thiazole rings is 1. The summed E-state index contributed by atoms with van der Waals surface area (Å²) in [4.78, 5) is 8.07. The highest BCUT2D eigenvalue weighted by Crippen LogP contribution is 2.25. The van der Waals surface area contributed by atoms with E-state index in [1.54, 1.807) is 11.3 Å². The molecule has 0 aliphatic carbocycles. The van der Waals surface area contributed by atoms with E-state index in [-0.39, 0.29) is 6.04 Å². The van der Waals surface area contributed by atoms with Crippen molar-refractivity contribution >= 4 is 22.1 Å². The molecular weight excluding hydrogens is 256 g/mol. The molecule has 106 valence electrons. The first kappa shape index (κ1) is 14.3. The maximum atomic E-state index is 5.98. The number of nitrogens with two attached hydrogens (primary N) is 1. The number of nitrogens with zero attached hydrogens (tertiary/aromatic N) is 3. The van der Waals surface area contributed by atoms with Crippen LogP contribution in [-0.4, -0.2) is 29.0 Å². The molecular formula is C14H24N4S. The van der Waals surface area contributed by atoms with Gasteiger partial charge in [-0.25, -0.2) is 4.98 Å². The van der Waals surface area contributed by atoms with Gasteiger partial charge in [0, 0.05) is 37.6 Å². The summed E-state index contributed by atoms with van der Waals surface area (Å²) >= 11 is 1.68. The van der Waals surface area contributed by atoms with Crippen molar-refractivity contribution in [2.45, 2.75) is 39.7 Å². The van der Waals surface area contributed by atoms with Crippen LogP contribution in [0.4, 0.5) is 5.82 Å². The van der Waals surface area contributed by atoms with Crippen LogP contribution in [-0.2, 0) is 6.42 Å². The van der Waals surface area contributed by atoms with Crippen molar-refractivity contribution in [3.8, 4) is 0 Å². The summed E-state index contributed by atoms with van der Waals surface area (Å²) in [5, 5.41) is 2.07. The zero-order chi connectivity index (χ0) is 14.0. The Labute approximate surface area is 119 Å². The van der Waals surface area contributed by atoms with Gasteiger partial charge in [0.05, 0.1) is 5.69 Å². The highest BCUT2D eigenvalue weighted by molar-refractivity contribution is 7.15. The molecule has 0 bridgehead atoms. The largest absolute Gasteiger partial charge is 0.358 e. The van der Waals surface area contributed by atoms with E-state index < -0.39 is 0 Å². The van der Waals surface area contributed by atoms with Gasteiger partial charge in [-0.15, -0.1) is 11.3 Å². The van der Waals surface area contributed by atoms with Crippen LogP contribution < -0.4 is 10.6 Å². The van der Waals surface area contributed by atoms with Gasteiger partial charge in [0.25, 0.3) is 0 Å². The lowest BCUT2D eigenvalue weighted by atomic mass is 10.1. The van der Waals surface area contributed by atoms with Crippen molar-refractivity contribution in [3.63, 3.8) is 0 Å². The third-order valence-corrected chi connectivity index (χ3v) is 4.02. The fraction of sp³-hybridized carbons (Fsp3) is 0.643. The third kappa shape index (κ3) is 3.28. The fourth-order valence-electron chi connectivity index (χ4n) is 2.18. The molecule has 2 rings (SSSR count). The van der Waals surface area contributed by atoms with E-state index in [0.717, 1.165) is 23.7 Å². The molecule has 0 aliphatic rings. The Balaban J connectivity index is 2.27. The van der Waals surface area contributed by atoms with Gasteiger partial charge in [0.1, 0.15) is 0 Å². The van der Waals surface area contributed by atoms with Crippen LogP contribution in [0.3, 0.4) is 0 Å². The monoisotopic (exact) mass is 280 g/mol. The predicted octanol–water partition coefficient (Wildman–Crippen LogP) is 2.77. The highest BCUT2D eigenvalue weighted by Gasteiger charge is 2.17. The van der Waals surface area contributed by atoms with Crippen LogP contribution in [0.2, 0.25) is 0 Å². The molecule has 0 aromatic carbocycles. The first-order chi connectivity index (χ1) is 8.99. The number of hydrogen-bond donors (Lipinski definition) is 1. The van der Waals surface area contributed by atoms with Gasteiger partial charge in [-0.05, 0) is 19.3 Å². The average molecular weight is 280 g/mol. The maximum Gasteiger partial charge on any atom is 0.195 e. The van der Waals surface area contributed by atoms with Gasteiger partial charge in [-0.1, -0.05) is 13.8 Å². The SMILES string of the molecule is CC(C)CCN(C)c1nc2sccn2c1CC(C)N. The Morgan fingerprint density at radius 2 is 2.16 bits per heavy atom. The van der Waals surface area contributed by atoms with Crippen LogP contribution >= 0.6 is 11.3 Å². The molecule has 1 unspecified atom stereocenters.